The molecule has 0 saturated heterocycles. The lowest BCUT2D eigenvalue weighted by Crippen LogP contribution is -2.21. The normalized spacial score (nSPS) is 10.1. The van der Waals surface area contributed by atoms with Gasteiger partial charge in [-0.05, 0) is 55.3 Å². The van der Waals surface area contributed by atoms with Crippen molar-refractivity contribution in [2.24, 2.45) is 0 Å². The van der Waals surface area contributed by atoms with Crippen LogP contribution in [0.1, 0.15) is 29.3 Å². The highest BCUT2D eigenvalue weighted by Crippen LogP contribution is 2.28. The Kier molecular flexibility index (Phi) is 8.68. The number of rotatable bonds is 10. The molecule has 0 fully saturated rings. The third-order valence-electron chi connectivity index (χ3n) is 4.11. The molecule has 0 aliphatic rings. The summed E-state index contributed by atoms with van der Waals surface area (Å²) in [7, 11) is 3.09. The first kappa shape index (κ1) is 22.7. The van der Waals surface area contributed by atoms with Crippen molar-refractivity contribution in [2.45, 2.75) is 19.8 Å². The van der Waals surface area contributed by atoms with Gasteiger partial charge in [0.25, 0.3) is 5.91 Å². The third-order valence-corrected chi connectivity index (χ3v) is 4.11. The zero-order valence-electron chi connectivity index (χ0n) is 17.2. The van der Waals surface area contributed by atoms with Gasteiger partial charge in [-0.3, -0.25) is 9.59 Å². The molecule has 0 radical (unpaired) electrons. The molecule has 0 atom stereocenters. The Bertz CT molecular complexity index is 878. The molecule has 0 bridgehead atoms. The fraction of sp³-hybridized carbons (Fsp3) is 0.318. The number of ether oxygens (including phenoxy) is 4. The van der Waals surface area contributed by atoms with Crippen LogP contribution < -0.4 is 14.8 Å². The van der Waals surface area contributed by atoms with Crippen LogP contribution in [0.4, 0.5) is 5.69 Å². The first-order valence-electron chi connectivity index (χ1n) is 9.40. The van der Waals surface area contributed by atoms with E-state index >= 15 is 0 Å². The minimum absolute atomic E-state index is 0.122. The van der Waals surface area contributed by atoms with E-state index in [4.69, 9.17) is 18.9 Å². The van der Waals surface area contributed by atoms with E-state index in [1.807, 2.05) is 6.07 Å². The second-order valence-electron chi connectivity index (χ2n) is 6.20. The van der Waals surface area contributed by atoms with Gasteiger partial charge in [-0.1, -0.05) is 6.07 Å². The molecular formula is C22H25NO7. The Balaban J connectivity index is 1.76. The number of carbonyl (C=O) groups is 3. The zero-order chi connectivity index (χ0) is 21.9. The topological polar surface area (TPSA) is 100 Å². The average Bonchev–Trinajstić information content (AvgIpc) is 2.76. The molecule has 0 aliphatic heterocycles. The number of carbonyl (C=O) groups excluding carboxylic acids is 3. The highest BCUT2D eigenvalue weighted by atomic mass is 16.5. The summed E-state index contributed by atoms with van der Waals surface area (Å²) in [6.07, 6.45) is 0.563. The summed E-state index contributed by atoms with van der Waals surface area (Å²) < 4.78 is 20.3. The maximum absolute atomic E-state index is 12.0. The second kappa shape index (κ2) is 11.5. The molecule has 8 nitrogen and oxygen atoms in total. The number of hydrogen-bond donors (Lipinski definition) is 1. The van der Waals surface area contributed by atoms with E-state index in [-0.39, 0.29) is 13.0 Å². The first-order chi connectivity index (χ1) is 14.5. The fourth-order valence-electron chi connectivity index (χ4n) is 2.60. The van der Waals surface area contributed by atoms with Gasteiger partial charge in [-0.25, -0.2) is 4.79 Å². The van der Waals surface area contributed by atoms with Crippen LogP contribution in [0.15, 0.2) is 42.5 Å². The lowest BCUT2D eigenvalue weighted by Gasteiger charge is -2.10. The number of methoxy groups -OCH3 is 2. The molecule has 0 spiro atoms. The Hall–Kier alpha value is -3.55. The smallest absolute Gasteiger partial charge is 0.338 e. The number of esters is 2. The van der Waals surface area contributed by atoms with Gasteiger partial charge in [0.2, 0.25) is 0 Å². The second-order valence-corrected chi connectivity index (χ2v) is 6.20. The Morgan fingerprint density at radius 3 is 2.23 bits per heavy atom. The molecule has 0 aliphatic carbocycles. The van der Waals surface area contributed by atoms with E-state index in [1.54, 1.807) is 57.5 Å². The van der Waals surface area contributed by atoms with Gasteiger partial charge in [-0.15, -0.1) is 0 Å². The molecule has 0 heterocycles. The Morgan fingerprint density at radius 2 is 1.60 bits per heavy atom. The summed E-state index contributed by atoms with van der Waals surface area (Å²) in [6.45, 7) is 1.61. The first-order valence-corrected chi connectivity index (χ1v) is 9.40. The van der Waals surface area contributed by atoms with Crippen molar-refractivity contribution in [1.82, 2.24) is 0 Å². The standard InChI is InChI=1S/C22H25NO7/c1-4-29-22(26)16-7-9-17(10-8-16)23-20(24)14-30-21(25)12-6-15-5-11-18(27-2)19(13-15)28-3/h5,7-11,13H,4,6,12,14H2,1-3H3,(H,23,24). The van der Waals surface area contributed by atoms with Gasteiger partial charge in [0.05, 0.1) is 26.4 Å². The molecule has 1 amide bonds. The van der Waals surface area contributed by atoms with Gasteiger partial charge in [0.15, 0.2) is 18.1 Å². The van der Waals surface area contributed by atoms with E-state index in [2.05, 4.69) is 5.32 Å². The third kappa shape index (κ3) is 6.80. The van der Waals surface area contributed by atoms with Crippen LogP contribution in [-0.4, -0.2) is 45.3 Å². The number of nitrogens with one attached hydrogen (secondary N) is 1. The molecule has 160 valence electrons. The quantitative estimate of drug-likeness (QED) is 0.596. The van der Waals surface area contributed by atoms with E-state index in [0.29, 0.717) is 29.2 Å². The number of aryl methyl sites for hydroxylation is 1. The fourth-order valence-corrected chi connectivity index (χ4v) is 2.60. The summed E-state index contributed by atoms with van der Waals surface area (Å²) in [6, 6.07) is 11.6. The van der Waals surface area contributed by atoms with Crippen LogP contribution >= 0.6 is 0 Å². The lowest BCUT2D eigenvalue weighted by atomic mass is 10.1. The van der Waals surface area contributed by atoms with Crippen LogP contribution in [0, 0.1) is 0 Å². The van der Waals surface area contributed by atoms with Crippen molar-refractivity contribution in [3.8, 4) is 11.5 Å². The van der Waals surface area contributed by atoms with Crippen LogP contribution in [0.5, 0.6) is 11.5 Å². The van der Waals surface area contributed by atoms with Crippen molar-refractivity contribution in [3.63, 3.8) is 0 Å². The number of amides is 1. The minimum atomic E-state index is -0.488. The Labute approximate surface area is 175 Å². The molecule has 0 unspecified atom stereocenters. The summed E-state index contributed by atoms with van der Waals surface area (Å²) in [4.78, 5) is 35.5. The molecule has 0 saturated carbocycles. The highest BCUT2D eigenvalue weighted by Gasteiger charge is 2.11. The summed E-state index contributed by atoms with van der Waals surface area (Å²) in [5.74, 6) is -0.206. The van der Waals surface area contributed by atoms with Crippen molar-refractivity contribution >= 4 is 23.5 Å². The average molecular weight is 415 g/mol. The van der Waals surface area contributed by atoms with Gasteiger partial charge >= 0.3 is 11.9 Å². The van der Waals surface area contributed by atoms with Gasteiger partial charge < -0.3 is 24.3 Å². The summed E-state index contributed by atoms with van der Waals surface area (Å²) in [5.41, 5.74) is 1.75. The van der Waals surface area contributed by atoms with Crippen molar-refractivity contribution in [2.75, 3.05) is 32.8 Å². The van der Waals surface area contributed by atoms with E-state index in [0.717, 1.165) is 5.56 Å². The minimum Gasteiger partial charge on any atom is -0.493 e. The number of hydrogen-bond acceptors (Lipinski definition) is 7. The molecule has 2 rings (SSSR count). The van der Waals surface area contributed by atoms with Crippen LogP contribution in [-0.2, 0) is 25.5 Å². The van der Waals surface area contributed by atoms with Crippen molar-refractivity contribution in [1.29, 1.82) is 0 Å². The Morgan fingerprint density at radius 1 is 0.900 bits per heavy atom. The van der Waals surface area contributed by atoms with E-state index in [1.165, 1.54) is 0 Å². The number of benzene rings is 2. The van der Waals surface area contributed by atoms with Crippen LogP contribution in [0.3, 0.4) is 0 Å². The molecule has 30 heavy (non-hydrogen) atoms. The molecule has 1 N–H and O–H groups in total. The van der Waals surface area contributed by atoms with Crippen molar-refractivity contribution in [3.05, 3.63) is 53.6 Å². The molecular weight excluding hydrogens is 390 g/mol. The predicted octanol–water partition coefficient (Wildman–Crippen LogP) is 3.00. The van der Waals surface area contributed by atoms with Crippen LogP contribution in [0.2, 0.25) is 0 Å². The highest BCUT2D eigenvalue weighted by molar-refractivity contribution is 5.94. The summed E-state index contributed by atoms with van der Waals surface area (Å²) in [5, 5.41) is 2.60. The molecule has 2 aromatic carbocycles. The summed E-state index contributed by atoms with van der Waals surface area (Å²) >= 11 is 0. The van der Waals surface area contributed by atoms with Crippen LogP contribution in [0.25, 0.3) is 0 Å². The maximum Gasteiger partial charge on any atom is 0.338 e. The van der Waals surface area contributed by atoms with Gasteiger partial charge in [-0.2, -0.15) is 0 Å². The van der Waals surface area contributed by atoms with Gasteiger partial charge in [0, 0.05) is 12.1 Å². The SMILES string of the molecule is CCOC(=O)c1ccc(NC(=O)COC(=O)CCc2ccc(OC)c(OC)c2)cc1. The molecule has 8 heteroatoms. The largest absolute Gasteiger partial charge is 0.493 e. The zero-order valence-corrected chi connectivity index (χ0v) is 17.2. The number of anilines is 1. The predicted molar refractivity (Wildman–Crippen MR) is 110 cm³/mol. The van der Waals surface area contributed by atoms with Crippen molar-refractivity contribution < 1.29 is 33.3 Å². The monoisotopic (exact) mass is 415 g/mol. The molecule has 2 aromatic rings. The lowest BCUT2D eigenvalue weighted by molar-refractivity contribution is -0.147. The van der Waals surface area contributed by atoms with E-state index in [9.17, 15) is 14.4 Å². The maximum atomic E-state index is 12.0. The molecule has 0 aromatic heterocycles. The van der Waals surface area contributed by atoms with E-state index < -0.39 is 24.5 Å². The van der Waals surface area contributed by atoms with Gasteiger partial charge in [0.1, 0.15) is 0 Å².